The maximum atomic E-state index is 12.1. The molecule has 0 aliphatic carbocycles. The minimum Gasteiger partial charge on any atom is -0.280 e. The highest BCUT2D eigenvalue weighted by Gasteiger charge is 2.27. The molecule has 84 valence electrons. The topological polar surface area (TPSA) is 20.3 Å². The van der Waals surface area contributed by atoms with E-state index in [4.69, 9.17) is 0 Å². The van der Waals surface area contributed by atoms with E-state index < -0.39 is 0 Å². The fourth-order valence-electron chi connectivity index (χ4n) is 2.15. The summed E-state index contributed by atoms with van der Waals surface area (Å²) in [7, 11) is 0. The van der Waals surface area contributed by atoms with E-state index in [1.54, 1.807) is 4.90 Å². The van der Waals surface area contributed by atoms with Crippen LogP contribution in [-0.4, -0.2) is 5.91 Å². The number of carbonyl (C=O) groups is 1. The van der Waals surface area contributed by atoms with Crippen molar-refractivity contribution in [2.24, 2.45) is 0 Å². The molecular formula is C14H10BrNO. The van der Waals surface area contributed by atoms with Crippen LogP contribution in [0.2, 0.25) is 0 Å². The van der Waals surface area contributed by atoms with Crippen LogP contribution in [0.3, 0.4) is 0 Å². The van der Waals surface area contributed by atoms with Crippen LogP contribution in [-0.2, 0) is 11.2 Å². The molecule has 3 rings (SSSR count). The van der Waals surface area contributed by atoms with Crippen LogP contribution in [0.5, 0.6) is 0 Å². The fourth-order valence-corrected chi connectivity index (χ4v) is 2.54. The van der Waals surface area contributed by atoms with E-state index in [1.807, 2.05) is 48.5 Å². The quantitative estimate of drug-likeness (QED) is 0.784. The van der Waals surface area contributed by atoms with E-state index >= 15 is 0 Å². The van der Waals surface area contributed by atoms with E-state index in [9.17, 15) is 4.79 Å². The molecule has 0 saturated heterocycles. The van der Waals surface area contributed by atoms with Gasteiger partial charge in [0.25, 0.3) is 0 Å². The maximum Gasteiger partial charge on any atom is 0.236 e. The molecule has 0 saturated carbocycles. The summed E-state index contributed by atoms with van der Waals surface area (Å²) in [5.41, 5.74) is 3.00. The van der Waals surface area contributed by atoms with Gasteiger partial charge < -0.3 is 0 Å². The van der Waals surface area contributed by atoms with Crippen molar-refractivity contribution in [2.45, 2.75) is 6.42 Å². The number of nitrogens with zero attached hydrogens (tertiary/aromatic N) is 1. The van der Waals surface area contributed by atoms with Crippen molar-refractivity contribution in [3.05, 3.63) is 58.6 Å². The number of fused-ring (bicyclic) bond motifs is 1. The Bertz CT molecular complexity index is 594. The predicted molar refractivity (Wildman–Crippen MR) is 71.4 cm³/mol. The van der Waals surface area contributed by atoms with Crippen LogP contribution in [0.4, 0.5) is 11.4 Å². The second kappa shape index (κ2) is 4.00. The molecule has 0 unspecified atom stereocenters. The number of hydrogen-bond donors (Lipinski definition) is 0. The Labute approximate surface area is 108 Å². The van der Waals surface area contributed by atoms with Crippen LogP contribution in [0.25, 0.3) is 0 Å². The van der Waals surface area contributed by atoms with E-state index in [2.05, 4.69) is 15.9 Å². The van der Waals surface area contributed by atoms with Gasteiger partial charge in [-0.15, -0.1) is 0 Å². The molecular weight excluding hydrogens is 278 g/mol. The highest BCUT2D eigenvalue weighted by atomic mass is 79.9. The van der Waals surface area contributed by atoms with Crippen molar-refractivity contribution in [3.8, 4) is 0 Å². The van der Waals surface area contributed by atoms with Gasteiger partial charge in [-0.1, -0.05) is 40.2 Å². The first-order valence-electron chi connectivity index (χ1n) is 5.42. The monoisotopic (exact) mass is 287 g/mol. The highest BCUT2D eigenvalue weighted by molar-refractivity contribution is 9.10. The molecule has 2 aromatic rings. The first kappa shape index (κ1) is 10.5. The zero-order valence-electron chi connectivity index (χ0n) is 9.06. The summed E-state index contributed by atoms with van der Waals surface area (Å²) in [6.45, 7) is 0. The number of rotatable bonds is 1. The molecule has 3 heteroatoms. The first-order chi connectivity index (χ1) is 8.25. The molecule has 0 bridgehead atoms. The predicted octanol–water partition coefficient (Wildman–Crippen LogP) is 3.67. The van der Waals surface area contributed by atoms with Gasteiger partial charge in [-0.2, -0.15) is 0 Å². The molecule has 17 heavy (non-hydrogen) atoms. The molecule has 0 fully saturated rings. The molecule has 1 aliphatic heterocycles. The van der Waals surface area contributed by atoms with Gasteiger partial charge in [0.05, 0.1) is 17.8 Å². The Morgan fingerprint density at radius 2 is 1.88 bits per heavy atom. The summed E-state index contributed by atoms with van der Waals surface area (Å²) in [5.74, 6) is 0.129. The summed E-state index contributed by atoms with van der Waals surface area (Å²) in [4.78, 5) is 13.8. The average Bonchev–Trinajstić information content (AvgIpc) is 2.64. The molecule has 0 atom stereocenters. The van der Waals surface area contributed by atoms with Crippen molar-refractivity contribution in [3.63, 3.8) is 0 Å². The summed E-state index contributed by atoms with van der Waals surface area (Å²) < 4.78 is 0.979. The summed E-state index contributed by atoms with van der Waals surface area (Å²) >= 11 is 3.43. The summed E-state index contributed by atoms with van der Waals surface area (Å²) in [6.07, 6.45) is 0.489. The van der Waals surface area contributed by atoms with Gasteiger partial charge in [-0.3, -0.25) is 9.69 Å². The third-order valence-electron chi connectivity index (χ3n) is 2.89. The van der Waals surface area contributed by atoms with Crippen molar-refractivity contribution >= 4 is 33.2 Å². The second-order valence-electron chi connectivity index (χ2n) is 4.01. The zero-order chi connectivity index (χ0) is 11.8. The number of halogens is 1. The lowest BCUT2D eigenvalue weighted by Crippen LogP contribution is -2.20. The van der Waals surface area contributed by atoms with Gasteiger partial charge in [-0.05, 0) is 29.8 Å². The SMILES string of the molecule is O=C1Cc2ccccc2N1c1cccc(Br)c1. The number of para-hydroxylation sites is 1. The van der Waals surface area contributed by atoms with Crippen LogP contribution < -0.4 is 4.90 Å². The largest absolute Gasteiger partial charge is 0.280 e. The van der Waals surface area contributed by atoms with Crippen LogP contribution in [0.1, 0.15) is 5.56 Å². The van der Waals surface area contributed by atoms with E-state index in [0.29, 0.717) is 6.42 Å². The van der Waals surface area contributed by atoms with Gasteiger partial charge in [-0.25, -0.2) is 0 Å². The maximum absolute atomic E-state index is 12.1. The minimum absolute atomic E-state index is 0.129. The van der Waals surface area contributed by atoms with Gasteiger partial charge in [0, 0.05) is 4.47 Å². The molecule has 0 spiro atoms. The lowest BCUT2D eigenvalue weighted by molar-refractivity contribution is -0.116. The Balaban J connectivity index is 2.13. The van der Waals surface area contributed by atoms with Crippen LogP contribution in [0.15, 0.2) is 53.0 Å². The molecule has 2 nitrogen and oxygen atoms in total. The third kappa shape index (κ3) is 1.76. The number of benzene rings is 2. The van der Waals surface area contributed by atoms with Crippen molar-refractivity contribution in [1.29, 1.82) is 0 Å². The molecule has 0 N–H and O–H groups in total. The summed E-state index contributed by atoms with van der Waals surface area (Å²) in [6, 6.07) is 15.7. The number of anilines is 2. The molecule has 0 radical (unpaired) electrons. The number of amides is 1. The first-order valence-corrected chi connectivity index (χ1v) is 6.21. The van der Waals surface area contributed by atoms with E-state index in [0.717, 1.165) is 21.4 Å². The third-order valence-corrected chi connectivity index (χ3v) is 3.38. The Hall–Kier alpha value is -1.61. The highest BCUT2D eigenvalue weighted by Crippen LogP contribution is 2.35. The standard InChI is InChI=1S/C14H10BrNO/c15-11-5-3-6-12(9-11)16-13-7-2-1-4-10(13)8-14(16)17/h1-7,9H,8H2. The van der Waals surface area contributed by atoms with E-state index in [1.165, 1.54) is 0 Å². The molecule has 0 aromatic heterocycles. The number of hydrogen-bond acceptors (Lipinski definition) is 1. The van der Waals surface area contributed by atoms with Gasteiger partial charge in [0.15, 0.2) is 0 Å². The van der Waals surface area contributed by atoms with Crippen molar-refractivity contribution < 1.29 is 4.79 Å². The fraction of sp³-hybridized carbons (Fsp3) is 0.0714. The van der Waals surface area contributed by atoms with Crippen molar-refractivity contribution in [2.75, 3.05) is 4.90 Å². The Kier molecular flexibility index (Phi) is 2.48. The second-order valence-corrected chi connectivity index (χ2v) is 4.93. The molecule has 1 amide bonds. The van der Waals surface area contributed by atoms with Crippen LogP contribution >= 0.6 is 15.9 Å². The summed E-state index contributed by atoms with van der Waals surface area (Å²) in [5, 5.41) is 0. The lowest BCUT2D eigenvalue weighted by atomic mass is 10.2. The van der Waals surface area contributed by atoms with Crippen molar-refractivity contribution in [1.82, 2.24) is 0 Å². The molecule has 1 aliphatic rings. The van der Waals surface area contributed by atoms with Gasteiger partial charge in [0.2, 0.25) is 5.91 Å². The Morgan fingerprint density at radius 1 is 1.06 bits per heavy atom. The average molecular weight is 288 g/mol. The normalized spacial score (nSPS) is 13.9. The smallest absolute Gasteiger partial charge is 0.236 e. The van der Waals surface area contributed by atoms with Crippen LogP contribution in [0, 0.1) is 0 Å². The minimum atomic E-state index is 0.129. The number of carbonyl (C=O) groups excluding carboxylic acids is 1. The van der Waals surface area contributed by atoms with Gasteiger partial charge >= 0.3 is 0 Å². The van der Waals surface area contributed by atoms with Gasteiger partial charge in [0.1, 0.15) is 0 Å². The lowest BCUT2D eigenvalue weighted by Gasteiger charge is -2.17. The zero-order valence-corrected chi connectivity index (χ0v) is 10.6. The van der Waals surface area contributed by atoms with E-state index in [-0.39, 0.29) is 5.91 Å². The molecule has 2 aromatic carbocycles. The Morgan fingerprint density at radius 3 is 2.71 bits per heavy atom. The molecule has 1 heterocycles.